The van der Waals surface area contributed by atoms with Gasteiger partial charge in [0.05, 0.1) is 11.0 Å². The van der Waals surface area contributed by atoms with Crippen LogP contribution in [-0.4, -0.2) is 53.5 Å². The normalized spacial score (nSPS) is 17.2. The molecule has 1 aliphatic rings. The van der Waals surface area contributed by atoms with Gasteiger partial charge in [0, 0.05) is 32.7 Å². The zero-order valence-corrected chi connectivity index (χ0v) is 14.1. The average Bonchev–Trinajstić information content (AvgIpc) is 3.02. The Hall–Kier alpha value is -1.69. The van der Waals surface area contributed by atoms with Crippen LogP contribution in [0.2, 0.25) is 0 Å². The van der Waals surface area contributed by atoms with Crippen molar-refractivity contribution in [2.45, 2.75) is 13.0 Å². The maximum Gasteiger partial charge on any atom is 0.264 e. The van der Waals surface area contributed by atoms with E-state index in [9.17, 15) is 9.90 Å². The van der Waals surface area contributed by atoms with E-state index >= 15 is 0 Å². The van der Waals surface area contributed by atoms with Gasteiger partial charge in [0.2, 0.25) is 0 Å². The number of aliphatic hydroxyl groups excluding tert-OH is 1. The number of amides is 1. The van der Waals surface area contributed by atoms with E-state index in [1.54, 1.807) is 0 Å². The topological polar surface area (TPSA) is 43.8 Å². The Balaban J connectivity index is 1.53. The van der Waals surface area contributed by atoms with Gasteiger partial charge in [0.25, 0.3) is 5.91 Å². The first-order valence-electron chi connectivity index (χ1n) is 7.94. The van der Waals surface area contributed by atoms with Crippen LogP contribution in [0.15, 0.2) is 41.8 Å². The third-order valence-corrected chi connectivity index (χ3v) is 5.34. The molecule has 2 heterocycles. The molecule has 1 aliphatic heterocycles. The molecule has 4 nitrogen and oxygen atoms in total. The molecule has 0 radical (unpaired) electrons. The number of hydrogen-bond donors (Lipinski definition) is 1. The van der Waals surface area contributed by atoms with Crippen LogP contribution >= 0.6 is 11.3 Å². The first-order chi connectivity index (χ1) is 11.1. The van der Waals surface area contributed by atoms with Gasteiger partial charge in [-0.05, 0) is 29.5 Å². The molecule has 1 N–H and O–H groups in total. The zero-order chi connectivity index (χ0) is 16.2. The molecule has 1 amide bonds. The predicted octanol–water partition coefficient (Wildman–Crippen LogP) is 2.55. The summed E-state index contributed by atoms with van der Waals surface area (Å²) in [4.78, 5) is 17.5. The number of carbonyl (C=O) groups is 1. The second kappa shape index (κ2) is 7.25. The number of aryl methyl sites for hydroxylation is 1. The molecule has 1 fully saturated rings. The molecular formula is C18H22N2O2S. The highest BCUT2D eigenvalue weighted by Gasteiger charge is 2.25. The fourth-order valence-corrected chi connectivity index (χ4v) is 3.79. The van der Waals surface area contributed by atoms with Gasteiger partial charge in [-0.25, -0.2) is 0 Å². The van der Waals surface area contributed by atoms with Gasteiger partial charge in [-0.3, -0.25) is 9.69 Å². The smallest absolute Gasteiger partial charge is 0.264 e. The SMILES string of the molecule is Cc1ccsc1C(=O)N1CCN(CC(O)c2ccccc2)CC1. The number of benzene rings is 1. The average molecular weight is 330 g/mol. The Morgan fingerprint density at radius 1 is 1.17 bits per heavy atom. The molecule has 1 unspecified atom stereocenters. The minimum Gasteiger partial charge on any atom is -0.387 e. The van der Waals surface area contributed by atoms with Gasteiger partial charge in [0.1, 0.15) is 0 Å². The highest BCUT2D eigenvalue weighted by atomic mass is 32.1. The molecule has 1 atom stereocenters. The van der Waals surface area contributed by atoms with Gasteiger partial charge >= 0.3 is 0 Å². The minimum atomic E-state index is -0.474. The van der Waals surface area contributed by atoms with Crippen molar-refractivity contribution in [1.82, 2.24) is 9.80 Å². The number of aliphatic hydroxyl groups is 1. The summed E-state index contributed by atoms with van der Waals surface area (Å²) in [5.41, 5.74) is 2.00. The third-order valence-electron chi connectivity index (χ3n) is 4.33. The van der Waals surface area contributed by atoms with Crippen LogP contribution in [0.3, 0.4) is 0 Å². The van der Waals surface area contributed by atoms with E-state index in [4.69, 9.17) is 0 Å². The van der Waals surface area contributed by atoms with E-state index < -0.39 is 6.10 Å². The summed E-state index contributed by atoms with van der Waals surface area (Å²) in [6, 6.07) is 11.7. The number of hydrogen-bond acceptors (Lipinski definition) is 4. The van der Waals surface area contributed by atoms with E-state index in [1.807, 2.05) is 53.6 Å². The van der Waals surface area contributed by atoms with Gasteiger partial charge < -0.3 is 10.0 Å². The molecule has 5 heteroatoms. The second-order valence-corrected chi connectivity index (χ2v) is 6.87. The Kier molecular flexibility index (Phi) is 5.10. The quantitative estimate of drug-likeness (QED) is 0.937. The van der Waals surface area contributed by atoms with Crippen LogP contribution in [0, 0.1) is 6.92 Å². The molecule has 23 heavy (non-hydrogen) atoms. The van der Waals surface area contributed by atoms with E-state index in [0.29, 0.717) is 6.54 Å². The number of β-amino-alcohol motifs (C(OH)–C–C–N with tert-alkyl or cyclic N) is 1. The number of piperazine rings is 1. The Labute approximate surface area is 141 Å². The molecule has 1 aromatic heterocycles. The van der Waals surface area contributed by atoms with Gasteiger partial charge in [-0.2, -0.15) is 0 Å². The predicted molar refractivity (Wildman–Crippen MR) is 92.8 cm³/mol. The van der Waals surface area contributed by atoms with Crippen molar-refractivity contribution in [2.24, 2.45) is 0 Å². The van der Waals surface area contributed by atoms with Crippen molar-refractivity contribution in [3.05, 3.63) is 57.8 Å². The molecule has 3 rings (SSSR count). The second-order valence-electron chi connectivity index (χ2n) is 5.95. The summed E-state index contributed by atoms with van der Waals surface area (Å²) in [6.07, 6.45) is -0.474. The molecule has 0 spiro atoms. The third kappa shape index (κ3) is 3.80. The molecule has 1 aromatic carbocycles. The summed E-state index contributed by atoms with van der Waals surface area (Å²) in [5, 5.41) is 12.3. The van der Waals surface area contributed by atoms with E-state index in [2.05, 4.69) is 4.90 Å². The van der Waals surface area contributed by atoms with Gasteiger partial charge in [-0.1, -0.05) is 30.3 Å². The first-order valence-corrected chi connectivity index (χ1v) is 8.82. The van der Waals surface area contributed by atoms with E-state index in [1.165, 1.54) is 11.3 Å². The zero-order valence-electron chi connectivity index (χ0n) is 13.3. The first kappa shape index (κ1) is 16.2. The number of nitrogens with zero attached hydrogens (tertiary/aromatic N) is 2. The summed E-state index contributed by atoms with van der Waals surface area (Å²) < 4.78 is 0. The lowest BCUT2D eigenvalue weighted by Gasteiger charge is -2.35. The molecule has 0 bridgehead atoms. The van der Waals surface area contributed by atoms with Crippen LogP contribution in [0.25, 0.3) is 0 Å². The lowest BCUT2D eigenvalue weighted by atomic mass is 10.1. The fraction of sp³-hybridized carbons (Fsp3) is 0.389. The van der Waals surface area contributed by atoms with E-state index in [-0.39, 0.29) is 5.91 Å². The maximum absolute atomic E-state index is 12.5. The fourth-order valence-electron chi connectivity index (χ4n) is 2.89. The van der Waals surface area contributed by atoms with Crippen molar-refractivity contribution in [3.63, 3.8) is 0 Å². The summed E-state index contributed by atoms with van der Waals surface area (Å²) in [6.45, 7) is 5.65. The Morgan fingerprint density at radius 3 is 2.48 bits per heavy atom. The maximum atomic E-state index is 12.5. The lowest BCUT2D eigenvalue weighted by Crippen LogP contribution is -2.49. The summed E-state index contributed by atoms with van der Waals surface area (Å²) >= 11 is 1.52. The Bertz CT molecular complexity index is 648. The highest BCUT2D eigenvalue weighted by Crippen LogP contribution is 2.20. The van der Waals surface area contributed by atoms with Crippen LogP contribution in [-0.2, 0) is 0 Å². The van der Waals surface area contributed by atoms with Crippen molar-refractivity contribution in [2.75, 3.05) is 32.7 Å². The molecular weight excluding hydrogens is 308 g/mol. The molecule has 0 saturated carbocycles. The lowest BCUT2D eigenvalue weighted by molar-refractivity contribution is 0.0531. The van der Waals surface area contributed by atoms with Crippen LogP contribution in [0.4, 0.5) is 0 Å². The van der Waals surface area contributed by atoms with Crippen LogP contribution in [0.1, 0.15) is 26.9 Å². The summed E-state index contributed by atoms with van der Waals surface area (Å²) in [7, 11) is 0. The number of rotatable bonds is 4. The summed E-state index contributed by atoms with van der Waals surface area (Å²) in [5.74, 6) is 0.140. The van der Waals surface area contributed by atoms with E-state index in [0.717, 1.165) is 42.2 Å². The van der Waals surface area contributed by atoms with Crippen molar-refractivity contribution >= 4 is 17.2 Å². The minimum absolute atomic E-state index is 0.140. The highest BCUT2D eigenvalue weighted by molar-refractivity contribution is 7.12. The largest absolute Gasteiger partial charge is 0.387 e. The van der Waals surface area contributed by atoms with Crippen LogP contribution in [0.5, 0.6) is 0 Å². The van der Waals surface area contributed by atoms with Crippen molar-refractivity contribution in [1.29, 1.82) is 0 Å². The monoisotopic (exact) mass is 330 g/mol. The number of thiophene rings is 1. The number of carbonyl (C=O) groups excluding carboxylic acids is 1. The van der Waals surface area contributed by atoms with Gasteiger partial charge in [-0.15, -0.1) is 11.3 Å². The molecule has 0 aliphatic carbocycles. The standard InChI is InChI=1S/C18H22N2O2S/c1-14-7-12-23-17(14)18(22)20-10-8-19(9-11-20)13-16(21)15-5-3-2-4-6-15/h2-7,12,16,21H,8-11,13H2,1H3. The van der Waals surface area contributed by atoms with Gasteiger partial charge in [0.15, 0.2) is 0 Å². The molecule has 2 aromatic rings. The van der Waals surface area contributed by atoms with Crippen molar-refractivity contribution in [3.8, 4) is 0 Å². The molecule has 1 saturated heterocycles. The van der Waals surface area contributed by atoms with Crippen LogP contribution < -0.4 is 0 Å². The molecule has 122 valence electrons. The van der Waals surface area contributed by atoms with Crippen molar-refractivity contribution < 1.29 is 9.90 Å². The Morgan fingerprint density at radius 2 is 1.87 bits per heavy atom.